The SMILES string of the molecule is Cc1cccc(NC(=O)CCNC(=O)[C@@H]2C[C@H]3CC[C@H]2C3)n1. The lowest BCUT2D eigenvalue weighted by atomic mass is 9.88. The summed E-state index contributed by atoms with van der Waals surface area (Å²) in [6.07, 6.45) is 5.03. The smallest absolute Gasteiger partial charge is 0.227 e. The largest absolute Gasteiger partial charge is 0.355 e. The molecule has 1 aromatic rings. The Bertz CT molecular complexity index is 573. The van der Waals surface area contributed by atoms with Crippen molar-refractivity contribution in [1.82, 2.24) is 10.3 Å². The summed E-state index contributed by atoms with van der Waals surface area (Å²) in [5.41, 5.74) is 0.863. The number of fused-ring (bicyclic) bond motifs is 2. The van der Waals surface area contributed by atoms with Crippen LogP contribution in [0.4, 0.5) is 5.82 Å². The summed E-state index contributed by atoms with van der Waals surface area (Å²) in [5.74, 6) is 2.09. The van der Waals surface area contributed by atoms with Gasteiger partial charge in [-0.3, -0.25) is 9.59 Å². The molecule has 5 nitrogen and oxygen atoms in total. The Labute approximate surface area is 130 Å². The van der Waals surface area contributed by atoms with E-state index in [0.717, 1.165) is 18.0 Å². The minimum Gasteiger partial charge on any atom is -0.355 e. The molecule has 2 aliphatic rings. The summed E-state index contributed by atoms with van der Waals surface area (Å²) < 4.78 is 0. The lowest BCUT2D eigenvalue weighted by Crippen LogP contribution is -2.35. The van der Waals surface area contributed by atoms with Crippen molar-refractivity contribution in [3.8, 4) is 0 Å². The van der Waals surface area contributed by atoms with Crippen molar-refractivity contribution in [3.05, 3.63) is 23.9 Å². The number of nitrogens with one attached hydrogen (secondary N) is 2. The standard InChI is InChI=1S/C17H23N3O2/c1-11-3-2-4-15(19-11)20-16(21)7-8-18-17(22)14-10-12-5-6-13(14)9-12/h2-4,12-14H,5-10H2,1H3,(H,18,22)(H,19,20,21)/t12-,13-,14+/m0/s1. The number of carbonyl (C=O) groups excluding carboxylic acids is 2. The van der Waals surface area contributed by atoms with Gasteiger partial charge in [0.05, 0.1) is 0 Å². The summed E-state index contributed by atoms with van der Waals surface area (Å²) >= 11 is 0. The Morgan fingerprint density at radius 1 is 1.27 bits per heavy atom. The first-order chi connectivity index (χ1) is 10.6. The van der Waals surface area contributed by atoms with Gasteiger partial charge in [0.2, 0.25) is 11.8 Å². The van der Waals surface area contributed by atoms with Gasteiger partial charge in [0.1, 0.15) is 5.82 Å². The lowest BCUT2D eigenvalue weighted by molar-refractivity contribution is -0.126. The zero-order valence-corrected chi connectivity index (χ0v) is 13.0. The highest BCUT2D eigenvalue weighted by atomic mass is 16.2. The van der Waals surface area contributed by atoms with Crippen molar-refractivity contribution in [2.24, 2.45) is 17.8 Å². The molecule has 2 amide bonds. The van der Waals surface area contributed by atoms with Gasteiger partial charge < -0.3 is 10.6 Å². The summed E-state index contributed by atoms with van der Waals surface area (Å²) in [4.78, 5) is 28.2. The van der Waals surface area contributed by atoms with E-state index in [0.29, 0.717) is 18.3 Å². The summed E-state index contributed by atoms with van der Waals surface area (Å²) in [7, 11) is 0. The van der Waals surface area contributed by atoms with Crippen LogP contribution >= 0.6 is 0 Å². The number of hydrogen-bond donors (Lipinski definition) is 2. The van der Waals surface area contributed by atoms with E-state index in [2.05, 4.69) is 15.6 Å². The number of anilines is 1. The zero-order chi connectivity index (χ0) is 15.5. The minimum absolute atomic E-state index is 0.119. The Hall–Kier alpha value is -1.91. The van der Waals surface area contributed by atoms with Crippen LogP contribution < -0.4 is 10.6 Å². The molecule has 118 valence electrons. The van der Waals surface area contributed by atoms with Gasteiger partial charge in [-0.2, -0.15) is 0 Å². The van der Waals surface area contributed by atoms with Crippen molar-refractivity contribution >= 4 is 17.6 Å². The number of rotatable bonds is 5. The highest BCUT2D eigenvalue weighted by Gasteiger charge is 2.42. The molecule has 2 fully saturated rings. The maximum Gasteiger partial charge on any atom is 0.227 e. The highest BCUT2D eigenvalue weighted by molar-refractivity contribution is 5.90. The zero-order valence-electron chi connectivity index (χ0n) is 13.0. The normalized spacial score (nSPS) is 26.0. The topological polar surface area (TPSA) is 71.1 Å². The average molecular weight is 301 g/mol. The maximum atomic E-state index is 12.2. The molecule has 0 unspecified atom stereocenters. The van der Waals surface area contributed by atoms with Crippen molar-refractivity contribution in [3.63, 3.8) is 0 Å². The number of hydrogen-bond acceptors (Lipinski definition) is 3. The Morgan fingerprint density at radius 2 is 2.14 bits per heavy atom. The van der Waals surface area contributed by atoms with Crippen molar-refractivity contribution in [2.75, 3.05) is 11.9 Å². The van der Waals surface area contributed by atoms with Gasteiger partial charge in [-0.15, -0.1) is 0 Å². The molecule has 5 heteroatoms. The number of carbonyl (C=O) groups is 2. The van der Waals surface area contributed by atoms with Crippen LogP contribution in [0, 0.1) is 24.7 Å². The van der Waals surface area contributed by atoms with E-state index in [9.17, 15) is 9.59 Å². The molecular formula is C17H23N3O2. The number of aromatic nitrogens is 1. The number of pyridine rings is 1. The Kier molecular flexibility index (Phi) is 4.41. The monoisotopic (exact) mass is 301 g/mol. The third-order valence-corrected chi connectivity index (χ3v) is 4.88. The molecule has 3 rings (SSSR count). The van der Waals surface area contributed by atoms with Gasteiger partial charge in [0.25, 0.3) is 0 Å². The van der Waals surface area contributed by atoms with Gasteiger partial charge in [0, 0.05) is 24.6 Å². The van der Waals surface area contributed by atoms with Crippen LogP contribution in [0.1, 0.15) is 37.8 Å². The highest BCUT2D eigenvalue weighted by Crippen LogP contribution is 2.48. The van der Waals surface area contributed by atoms with Crippen molar-refractivity contribution in [2.45, 2.75) is 39.0 Å². The average Bonchev–Trinajstić information content (AvgIpc) is 3.09. The molecule has 0 spiro atoms. The molecule has 1 heterocycles. The number of amides is 2. The van der Waals surface area contributed by atoms with Crippen LogP contribution in [0.3, 0.4) is 0 Å². The molecule has 2 saturated carbocycles. The van der Waals surface area contributed by atoms with E-state index >= 15 is 0 Å². The van der Waals surface area contributed by atoms with Crippen LogP contribution in [0.15, 0.2) is 18.2 Å². The fourth-order valence-corrected chi connectivity index (χ4v) is 3.81. The fourth-order valence-electron chi connectivity index (χ4n) is 3.81. The second kappa shape index (κ2) is 6.46. The third-order valence-electron chi connectivity index (χ3n) is 4.88. The molecule has 0 aliphatic heterocycles. The molecule has 2 N–H and O–H groups in total. The van der Waals surface area contributed by atoms with Gasteiger partial charge >= 0.3 is 0 Å². The first-order valence-corrected chi connectivity index (χ1v) is 8.13. The summed E-state index contributed by atoms with van der Waals surface area (Å²) in [6.45, 7) is 2.27. The quantitative estimate of drug-likeness (QED) is 0.876. The van der Waals surface area contributed by atoms with E-state index in [4.69, 9.17) is 0 Å². The number of nitrogens with zero attached hydrogens (tertiary/aromatic N) is 1. The lowest BCUT2D eigenvalue weighted by Gasteiger charge is -2.20. The molecule has 1 aromatic heterocycles. The van der Waals surface area contributed by atoms with Gasteiger partial charge in [-0.25, -0.2) is 4.98 Å². The minimum atomic E-state index is -0.119. The first-order valence-electron chi connectivity index (χ1n) is 8.13. The molecule has 2 aliphatic carbocycles. The van der Waals surface area contributed by atoms with E-state index < -0.39 is 0 Å². The van der Waals surface area contributed by atoms with E-state index in [-0.39, 0.29) is 24.2 Å². The Balaban J connectivity index is 1.39. The van der Waals surface area contributed by atoms with E-state index in [1.54, 1.807) is 6.07 Å². The van der Waals surface area contributed by atoms with E-state index in [1.165, 1.54) is 19.3 Å². The summed E-state index contributed by atoms with van der Waals surface area (Å²) in [5, 5.41) is 5.67. The molecule has 0 saturated heterocycles. The maximum absolute atomic E-state index is 12.2. The molecule has 0 radical (unpaired) electrons. The first kappa shape index (κ1) is 15.0. The van der Waals surface area contributed by atoms with Gasteiger partial charge in [-0.1, -0.05) is 12.5 Å². The molecular weight excluding hydrogens is 278 g/mol. The molecule has 3 atom stereocenters. The second-order valence-electron chi connectivity index (χ2n) is 6.53. The van der Waals surface area contributed by atoms with Crippen molar-refractivity contribution in [1.29, 1.82) is 0 Å². The second-order valence-corrected chi connectivity index (χ2v) is 6.53. The van der Waals surface area contributed by atoms with Gasteiger partial charge in [-0.05, 0) is 50.2 Å². The fraction of sp³-hybridized carbons (Fsp3) is 0.588. The molecule has 22 heavy (non-hydrogen) atoms. The summed E-state index contributed by atoms with van der Waals surface area (Å²) in [6, 6.07) is 5.50. The van der Waals surface area contributed by atoms with Crippen LogP contribution in [0.5, 0.6) is 0 Å². The van der Waals surface area contributed by atoms with Crippen LogP contribution in [-0.4, -0.2) is 23.3 Å². The van der Waals surface area contributed by atoms with E-state index in [1.807, 2.05) is 19.1 Å². The predicted octanol–water partition coefficient (Wildman–Crippen LogP) is 2.27. The van der Waals surface area contributed by atoms with Crippen LogP contribution in [0.25, 0.3) is 0 Å². The number of aryl methyl sites for hydroxylation is 1. The van der Waals surface area contributed by atoms with Crippen LogP contribution in [0.2, 0.25) is 0 Å². The van der Waals surface area contributed by atoms with Crippen LogP contribution in [-0.2, 0) is 9.59 Å². The van der Waals surface area contributed by atoms with Crippen molar-refractivity contribution < 1.29 is 9.59 Å². The Morgan fingerprint density at radius 3 is 2.82 bits per heavy atom. The third kappa shape index (κ3) is 3.46. The molecule has 0 aromatic carbocycles. The van der Waals surface area contributed by atoms with Gasteiger partial charge in [0.15, 0.2) is 0 Å². The molecule has 2 bridgehead atoms. The predicted molar refractivity (Wildman–Crippen MR) is 84.2 cm³/mol.